The van der Waals surface area contributed by atoms with E-state index in [1.807, 2.05) is 6.07 Å². The summed E-state index contributed by atoms with van der Waals surface area (Å²) < 4.78 is 40.8. The minimum absolute atomic E-state index is 0.0825. The van der Waals surface area contributed by atoms with Crippen molar-refractivity contribution in [2.24, 2.45) is 0 Å². The number of piperazine rings is 1. The summed E-state index contributed by atoms with van der Waals surface area (Å²) in [4.78, 5) is 23.6. The number of carbonyl (C=O) groups is 1. The van der Waals surface area contributed by atoms with Gasteiger partial charge in [0.1, 0.15) is 5.82 Å². The molecule has 0 saturated carbocycles. The van der Waals surface area contributed by atoms with Gasteiger partial charge in [-0.05, 0) is 30.3 Å². The van der Waals surface area contributed by atoms with Crippen LogP contribution in [0.5, 0.6) is 0 Å². The first-order chi connectivity index (χ1) is 17.3. The third-order valence-corrected chi connectivity index (χ3v) is 7.20. The molecule has 36 heavy (non-hydrogen) atoms. The van der Waals surface area contributed by atoms with Crippen molar-refractivity contribution in [3.05, 3.63) is 71.9 Å². The van der Waals surface area contributed by atoms with E-state index in [1.165, 1.54) is 41.4 Å². The maximum Gasteiger partial charge on any atom is 0.254 e. The highest BCUT2D eigenvalue weighted by molar-refractivity contribution is 7.91. The van der Waals surface area contributed by atoms with Crippen LogP contribution in [0.2, 0.25) is 0 Å². The second-order valence-electron chi connectivity index (χ2n) is 8.49. The van der Waals surface area contributed by atoms with Gasteiger partial charge in [0, 0.05) is 73.1 Å². The quantitative estimate of drug-likeness (QED) is 0.453. The lowest BCUT2D eigenvalue weighted by Crippen LogP contribution is -2.46. The summed E-state index contributed by atoms with van der Waals surface area (Å²) in [5.74, 6) is -0.509. The summed E-state index contributed by atoms with van der Waals surface area (Å²) in [7, 11) is -3.59. The number of nitrogens with one attached hydrogen (secondary N) is 1. The van der Waals surface area contributed by atoms with Gasteiger partial charge in [0.15, 0.2) is 9.84 Å². The van der Waals surface area contributed by atoms with Crippen molar-refractivity contribution in [3.8, 4) is 23.1 Å². The van der Waals surface area contributed by atoms with Crippen LogP contribution in [-0.2, 0) is 9.84 Å². The maximum atomic E-state index is 14.4. The van der Waals surface area contributed by atoms with E-state index in [4.69, 9.17) is 5.26 Å². The average molecular weight is 505 g/mol. The van der Waals surface area contributed by atoms with E-state index in [-0.39, 0.29) is 22.3 Å². The van der Waals surface area contributed by atoms with Crippen LogP contribution < -0.4 is 5.32 Å². The smallest absolute Gasteiger partial charge is 0.254 e. The molecule has 0 unspecified atom stereocenters. The Morgan fingerprint density at radius 1 is 1.11 bits per heavy atom. The predicted molar refractivity (Wildman–Crippen MR) is 131 cm³/mol. The van der Waals surface area contributed by atoms with Gasteiger partial charge in [-0.2, -0.15) is 5.26 Å². The van der Waals surface area contributed by atoms with Crippen molar-refractivity contribution in [1.82, 2.24) is 24.8 Å². The van der Waals surface area contributed by atoms with Crippen molar-refractivity contribution < 1.29 is 17.6 Å². The first-order valence-electron chi connectivity index (χ1n) is 11.1. The minimum atomic E-state index is -3.59. The SMILES string of the molecule is CS(=O)(=O)c1cn(-c2ncc(-c3cc(C#N)ccc3F)cn2)c2cc(C(=O)N3CCNCC3)ccc12. The van der Waals surface area contributed by atoms with Crippen LogP contribution in [0.25, 0.3) is 28.0 Å². The van der Waals surface area contributed by atoms with Gasteiger partial charge in [0.05, 0.1) is 22.0 Å². The Kier molecular flexibility index (Phi) is 5.99. The van der Waals surface area contributed by atoms with Gasteiger partial charge in [-0.3, -0.25) is 9.36 Å². The van der Waals surface area contributed by atoms with Gasteiger partial charge in [-0.15, -0.1) is 0 Å². The molecule has 4 aromatic rings. The van der Waals surface area contributed by atoms with Crippen LogP contribution in [0, 0.1) is 17.1 Å². The number of hydrogen-bond acceptors (Lipinski definition) is 7. The number of fused-ring (bicyclic) bond motifs is 1. The molecular weight excluding hydrogens is 483 g/mol. The molecule has 2 aromatic heterocycles. The molecule has 1 saturated heterocycles. The van der Waals surface area contributed by atoms with Gasteiger partial charge >= 0.3 is 0 Å². The Morgan fingerprint density at radius 2 is 1.83 bits per heavy atom. The number of aromatic nitrogens is 3. The first-order valence-corrected chi connectivity index (χ1v) is 13.0. The predicted octanol–water partition coefficient (Wildman–Crippen LogP) is 2.55. The molecule has 2 aromatic carbocycles. The Balaban J connectivity index is 1.60. The molecule has 1 N–H and O–H groups in total. The van der Waals surface area contributed by atoms with Crippen molar-refractivity contribution >= 4 is 26.6 Å². The summed E-state index contributed by atoms with van der Waals surface area (Å²) in [6, 6.07) is 10.9. The van der Waals surface area contributed by atoms with E-state index in [9.17, 15) is 17.6 Å². The Labute approximate surface area is 206 Å². The van der Waals surface area contributed by atoms with Crippen LogP contribution in [0.15, 0.2) is 59.9 Å². The van der Waals surface area contributed by atoms with Crippen molar-refractivity contribution in [2.75, 3.05) is 32.4 Å². The Hall–Kier alpha value is -4.14. The summed E-state index contributed by atoms with van der Waals surface area (Å²) >= 11 is 0. The molecule has 5 rings (SSSR count). The number of nitrogens with zero attached hydrogens (tertiary/aromatic N) is 5. The lowest BCUT2D eigenvalue weighted by molar-refractivity contribution is 0.0736. The fraction of sp³-hybridized carbons (Fsp3) is 0.200. The van der Waals surface area contributed by atoms with E-state index in [0.29, 0.717) is 53.8 Å². The average Bonchev–Trinajstić information content (AvgIpc) is 3.29. The molecule has 1 aliphatic heterocycles. The Bertz CT molecular complexity index is 1640. The van der Waals surface area contributed by atoms with Crippen LogP contribution in [0.4, 0.5) is 4.39 Å². The highest BCUT2D eigenvalue weighted by Gasteiger charge is 2.23. The molecule has 9 nitrogen and oxygen atoms in total. The topological polar surface area (TPSA) is 121 Å². The zero-order chi connectivity index (χ0) is 25.4. The second kappa shape index (κ2) is 9.14. The zero-order valence-corrected chi connectivity index (χ0v) is 20.1. The monoisotopic (exact) mass is 504 g/mol. The maximum absolute atomic E-state index is 14.4. The van der Waals surface area contributed by atoms with Gasteiger partial charge in [0.2, 0.25) is 5.95 Å². The molecular formula is C25H21FN6O3S. The molecule has 182 valence electrons. The molecule has 1 aliphatic rings. The second-order valence-corrected chi connectivity index (χ2v) is 10.5. The molecule has 11 heteroatoms. The van der Waals surface area contributed by atoms with Crippen LogP contribution >= 0.6 is 0 Å². The number of nitriles is 1. The normalized spacial score (nSPS) is 14.1. The summed E-state index contributed by atoms with van der Waals surface area (Å²) in [6.07, 6.45) is 5.35. The van der Waals surface area contributed by atoms with E-state index in [0.717, 1.165) is 6.26 Å². The van der Waals surface area contributed by atoms with Gasteiger partial charge in [0.25, 0.3) is 5.91 Å². The van der Waals surface area contributed by atoms with Crippen LogP contribution in [0.3, 0.4) is 0 Å². The molecule has 0 atom stereocenters. The van der Waals surface area contributed by atoms with Crippen LogP contribution in [0.1, 0.15) is 15.9 Å². The fourth-order valence-electron chi connectivity index (χ4n) is 4.24. The third kappa shape index (κ3) is 4.32. The van der Waals surface area contributed by atoms with Crippen molar-refractivity contribution in [1.29, 1.82) is 5.26 Å². The van der Waals surface area contributed by atoms with E-state index in [1.54, 1.807) is 23.1 Å². The standard InChI is InChI=1S/C25H21FN6O3S/c1-36(34,35)23-15-32(22-11-17(3-4-19(22)23)24(33)31-8-6-28-7-9-31)25-29-13-18(14-30-25)20-10-16(12-27)2-5-21(20)26/h2-5,10-11,13-15,28H,6-9H2,1H3. The molecule has 0 bridgehead atoms. The third-order valence-electron chi connectivity index (χ3n) is 6.08. The molecule has 1 fully saturated rings. The van der Waals surface area contributed by atoms with Crippen molar-refractivity contribution in [2.45, 2.75) is 4.90 Å². The minimum Gasteiger partial charge on any atom is -0.336 e. The van der Waals surface area contributed by atoms with E-state index in [2.05, 4.69) is 15.3 Å². The zero-order valence-electron chi connectivity index (χ0n) is 19.3. The summed E-state index contributed by atoms with van der Waals surface area (Å²) in [5, 5.41) is 12.8. The highest BCUT2D eigenvalue weighted by atomic mass is 32.2. The summed E-state index contributed by atoms with van der Waals surface area (Å²) in [6.45, 7) is 2.59. The number of amides is 1. The molecule has 0 aliphatic carbocycles. The van der Waals surface area contributed by atoms with Crippen molar-refractivity contribution in [3.63, 3.8) is 0 Å². The largest absolute Gasteiger partial charge is 0.336 e. The van der Waals surface area contributed by atoms with E-state index < -0.39 is 15.7 Å². The van der Waals surface area contributed by atoms with E-state index >= 15 is 0 Å². The number of rotatable bonds is 4. The highest BCUT2D eigenvalue weighted by Crippen LogP contribution is 2.29. The number of halogens is 1. The lowest BCUT2D eigenvalue weighted by Gasteiger charge is -2.27. The van der Waals surface area contributed by atoms with Gasteiger partial charge in [-0.25, -0.2) is 22.8 Å². The molecule has 3 heterocycles. The fourth-order valence-corrected chi connectivity index (χ4v) is 5.11. The number of carbonyl (C=O) groups excluding carboxylic acids is 1. The molecule has 1 amide bonds. The number of hydrogen-bond donors (Lipinski definition) is 1. The molecule has 0 radical (unpaired) electrons. The lowest BCUT2D eigenvalue weighted by atomic mass is 10.1. The van der Waals surface area contributed by atoms with Gasteiger partial charge < -0.3 is 10.2 Å². The summed E-state index contributed by atoms with van der Waals surface area (Å²) in [5.41, 5.74) is 1.73. The van der Waals surface area contributed by atoms with Crippen LogP contribution in [-0.4, -0.2) is 66.2 Å². The van der Waals surface area contributed by atoms with Gasteiger partial charge in [-0.1, -0.05) is 6.07 Å². The number of sulfone groups is 1. The number of benzene rings is 2. The molecule has 0 spiro atoms. The Morgan fingerprint density at radius 3 is 2.50 bits per heavy atom. The first kappa shape index (κ1) is 23.6.